The largest absolute Gasteiger partial charge is 0.491 e. The Kier molecular flexibility index (Phi) is 5.18. The summed E-state index contributed by atoms with van der Waals surface area (Å²) in [6.45, 7) is 5.34. The molecule has 6 heteroatoms. The van der Waals surface area contributed by atoms with Crippen LogP contribution in [0.2, 0.25) is 0 Å². The summed E-state index contributed by atoms with van der Waals surface area (Å²) in [5.74, 6) is 2.60. The third-order valence-corrected chi connectivity index (χ3v) is 4.86. The van der Waals surface area contributed by atoms with Gasteiger partial charge in [-0.3, -0.25) is 0 Å². The van der Waals surface area contributed by atoms with Gasteiger partial charge in [0.15, 0.2) is 0 Å². The number of hydrogen-bond acceptors (Lipinski definition) is 5. The molecule has 2 aliphatic heterocycles. The van der Waals surface area contributed by atoms with E-state index >= 15 is 0 Å². The van der Waals surface area contributed by atoms with Crippen LogP contribution in [-0.4, -0.2) is 42.2 Å². The second-order valence-corrected chi connectivity index (χ2v) is 6.87. The molecule has 0 saturated carbocycles. The van der Waals surface area contributed by atoms with Crippen molar-refractivity contribution in [3.05, 3.63) is 42.1 Å². The topological polar surface area (TPSA) is 60.3 Å². The predicted molar refractivity (Wildman–Crippen MR) is 96.8 cm³/mol. The van der Waals surface area contributed by atoms with E-state index in [0.717, 1.165) is 57.2 Å². The first-order valence-corrected chi connectivity index (χ1v) is 9.16. The number of nitrogens with one attached hydrogen (secondary N) is 2. The van der Waals surface area contributed by atoms with Crippen molar-refractivity contribution in [3.8, 4) is 5.75 Å². The number of aromatic nitrogens is 2. The quantitative estimate of drug-likeness (QED) is 0.808. The Morgan fingerprint density at radius 3 is 3.04 bits per heavy atom. The van der Waals surface area contributed by atoms with Crippen LogP contribution in [-0.2, 0) is 17.8 Å². The van der Waals surface area contributed by atoms with Gasteiger partial charge in [-0.2, -0.15) is 5.10 Å². The SMILES string of the molecule is c1cc2n(n1)C[C@@H](CNCc1ccc(OC[C@@H]3CCCO3)cc1)CN2. The fourth-order valence-electron chi connectivity index (χ4n) is 3.41. The van der Waals surface area contributed by atoms with Gasteiger partial charge in [-0.15, -0.1) is 0 Å². The maximum Gasteiger partial charge on any atom is 0.124 e. The molecule has 134 valence electrons. The average molecular weight is 342 g/mol. The lowest BCUT2D eigenvalue weighted by Gasteiger charge is -2.25. The number of fused-ring (bicyclic) bond motifs is 1. The highest BCUT2D eigenvalue weighted by Gasteiger charge is 2.18. The van der Waals surface area contributed by atoms with E-state index in [2.05, 4.69) is 27.9 Å². The monoisotopic (exact) mass is 342 g/mol. The van der Waals surface area contributed by atoms with Gasteiger partial charge in [-0.25, -0.2) is 4.68 Å². The van der Waals surface area contributed by atoms with Crippen LogP contribution in [0.1, 0.15) is 18.4 Å². The molecular formula is C19H26N4O2. The Morgan fingerprint density at radius 1 is 1.28 bits per heavy atom. The number of ether oxygens (including phenoxy) is 2. The van der Waals surface area contributed by atoms with Gasteiger partial charge >= 0.3 is 0 Å². The molecule has 3 heterocycles. The molecule has 2 aromatic rings. The number of anilines is 1. The summed E-state index contributed by atoms with van der Waals surface area (Å²) in [6, 6.07) is 10.4. The van der Waals surface area contributed by atoms with Crippen molar-refractivity contribution in [1.29, 1.82) is 0 Å². The minimum Gasteiger partial charge on any atom is -0.491 e. The summed E-state index contributed by atoms with van der Waals surface area (Å²) in [4.78, 5) is 0. The van der Waals surface area contributed by atoms with Crippen LogP contribution in [0.25, 0.3) is 0 Å². The van der Waals surface area contributed by atoms with E-state index in [-0.39, 0.29) is 6.10 Å². The Hall–Kier alpha value is -2.05. The highest BCUT2D eigenvalue weighted by molar-refractivity contribution is 5.35. The van der Waals surface area contributed by atoms with Crippen molar-refractivity contribution in [3.63, 3.8) is 0 Å². The second-order valence-electron chi connectivity index (χ2n) is 6.87. The number of nitrogens with zero attached hydrogens (tertiary/aromatic N) is 2. The summed E-state index contributed by atoms with van der Waals surface area (Å²) >= 11 is 0. The second kappa shape index (κ2) is 7.89. The fourth-order valence-corrected chi connectivity index (χ4v) is 3.41. The summed E-state index contributed by atoms with van der Waals surface area (Å²) < 4.78 is 13.4. The minimum atomic E-state index is 0.265. The van der Waals surface area contributed by atoms with Crippen LogP contribution < -0.4 is 15.4 Å². The molecule has 2 atom stereocenters. The van der Waals surface area contributed by atoms with Crippen molar-refractivity contribution in [2.75, 3.05) is 31.6 Å². The van der Waals surface area contributed by atoms with Gasteiger partial charge in [-0.05, 0) is 30.5 Å². The minimum absolute atomic E-state index is 0.265. The zero-order chi connectivity index (χ0) is 16.9. The smallest absolute Gasteiger partial charge is 0.124 e. The molecule has 2 aliphatic rings. The van der Waals surface area contributed by atoms with Crippen LogP contribution in [0.5, 0.6) is 5.75 Å². The van der Waals surface area contributed by atoms with Crippen molar-refractivity contribution in [1.82, 2.24) is 15.1 Å². The summed E-state index contributed by atoms with van der Waals surface area (Å²) in [5.41, 5.74) is 1.27. The van der Waals surface area contributed by atoms with E-state index in [1.807, 2.05) is 29.1 Å². The lowest BCUT2D eigenvalue weighted by molar-refractivity contribution is 0.0679. The Bertz CT molecular complexity index is 664. The molecule has 0 unspecified atom stereocenters. The number of benzene rings is 1. The number of hydrogen-bond donors (Lipinski definition) is 2. The molecule has 0 spiro atoms. The maximum atomic E-state index is 5.81. The first-order valence-electron chi connectivity index (χ1n) is 9.16. The highest BCUT2D eigenvalue weighted by Crippen LogP contribution is 2.17. The van der Waals surface area contributed by atoms with Crippen molar-refractivity contribution < 1.29 is 9.47 Å². The van der Waals surface area contributed by atoms with E-state index in [4.69, 9.17) is 9.47 Å². The van der Waals surface area contributed by atoms with Crippen molar-refractivity contribution in [2.24, 2.45) is 5.92 Å². The molecule has 0 radical (unpaired) electrons. The van der Waals surface area contributed by atoms with Gasteiger partial charge in [0.2, 0.25) is 0 Å². The Labute approximate surface area is 148 Å². The lowest BCUT2D eigenvalue weighted by Crippen LogP contribution is -2.35. The van der Waals surface area contributed by atoms with E-state index < -0.39 is 0 Å². The maximum absolute atomic E-state index is 5.81. The third-order valence-electron chi connectivity index (χ3n) is 4.86. The fraction of sp³-hybridized carbons (Fsp3) is 0.526. The summed E-state index contributed by atoms with van der Waals surface area (Å²) in [7, 11) is 0. The standard InChI is InChI=1S/C19H26N4O2/c1-2-18(24-9-1)14-25-17-5-3-15(4-6-17)10-20-11-16-12-21-19-7-8-22-23(19)13-16/h3-8,16,18,20-21H,1-2,9-14H2/t16-,18-/m0/s1. The average Bonchev–Trinajstić information content (AvgIpc) is 3.32. The molecule has 25 heavy (non-hydrogen) atoms. The molecule has 1 aromatic carbocycles. The van der Waals surface area contributed by atoms with Gasteiger partial charge in [-0.1, -0.05) is 12.1 Å². The summed E-state index contributed by atoms with van der Waals surface area (Å²) in [6.07, 6.45) is 4.37. The van der Waals surface area contributed by atoms with Gasteiger partial charge in [0.05, 0.1) is 12.3 Å². The van der Waals surface area contributed by atoms with Gasteiger partial charge in [0.1, 0.15) is 18.2 Å². The van der Waals surface area contributed by atoms with E-state index in [1.165, 1.54) is 5.56 Å². The van der Waals surface area contributed by atoms with E-state index in [1.54, 1.807) is 0 Å². The van der Waals surface area contributed by atoms with Crippen LogP contribution in [0, 0.1) is 5.92 Å². The molecule has 1 fully saturated rings. The first kappa shape index (κ1) is 16.4. The molecule has 6 nitrogen and oxygen atoms in total. The molecule has 1 aromatic heterocycles. The predicted octanol–water partition coefficient (Wildman–Crippen LogP) is 2.27. The molecule has 0 amide bonds. The zero-order valence-corrected chi connectivity index (χ0v) is 14.5. The van der Waals surface area contributed by atoms with Gasteiger partial charge < -0.3 is 20.1 Å². The normalized spacial score (nSPS) is 22.4. The van der Waals surface area contributed by atoms with Crippen molar-refractivity contribution in [2.45, 2.75) is 32.0 Å². The summed E-state index contributed by atoms with van der Waals surface area (Å²) in [5, 5.41) is 11.3. The molecular weight excluding hydrogens is 316 g/mol. The van der Waals surface area contributed by atoms with Gasteiger partial charge in [0, 0.05) is 44.8 Å². The molecule has 1 saturated heterocycles. The number of rotatable bonds is 7. The van der Waals surface area contributed by atoms with Crippen LogP contribution in [0.3, 0.4) is 0 Å². The van der Waals surface area contributed by atoms with Crippen LogP contribution >= 0.6 is 0 Å². The van der Waals surface area contributed by atoms with Crippen LogP contribution in [0.15, 0.2) is 36.5 Å². The van der Waals surface area contributed by atoms with E-state index in [0.29, 0.717) is 12.5 Å². The van der Waals surface area contributed by atoms with Crippen LogP contribution in [0.4, 0.5) is 5.82 Å². The molecule has 4 rings (SSSR count). The van der Waals surface area contributed by atoms with E-state index in [9.17, 15) is 0 Å². The Morgan fingerprint density at radius 2 is 2.20 bits per heavy atom. The highest BCUT2D eigenvalue weighted by atomic mass is 16.5. The van der Waals surface area contributed by atoms with Crippen molar-refractivity contribution >= 4 is 5.82 Å². The van der Waals surface area contributed by atoms with Gasteiger partial charge in [0.25, 0.3) is 0 Å². The molecule has 2 N–H and O–H groups in total. The third kappa shape index (κ3) is 4.32. The first-order chi connectivity index (χ1) is 12.4. The Balaban J connectivity index is 1.18. The lowest BCUT2D eigenvalue weighted by atomic mass is 10.1. The zero-order valence-electron chi connectivity index (χ0n) is 14.5. The molecule has 0 bridgehead atoms. The molecule has 0 aliphatic carbocycles.